The largest absolute Gasteiger partial charge is 0.501 e. The highest BCUT2D eigenvalue weighted by Gasteiger charge is 2.48. The monoisotopic (exact) mass is 428 g/mol. The van der Waals surface area contributed by atoms with Crippen molar-refractivity contribution < 1.29 is 26.0 Å². The van der Waals surface area contributed by atoms with E-state index in [1.807, 2.05) is 19.9 Å². The first-order valence-electron chi connectivity index (χ1n) is 8.32. The summed E-state index contributed by atoms with van der Waals surface area (Å²) in [5.41, 5.74) is -3.61. The Labute approximate surface area is 164 Å². The second kappa shape index (κ2) is 7.47. The molecular formula is C18H16F4N4O2S. The fourth-order valence-corrected chi connectivity index (χ4v) is 3.64. The molecule has 0 saturated heterocycles. The molecule has 3 rings (SSSR count). The van der Waals surface area contributed by atoms with Gasteiger partial charge in [-0.15, -0.1) is 0 Å². The van der Waals surface area contributed by atoms with Gasteiger partial charge in [-0.25, -0.2) is 22.5 Å². The van der Waals surface area contributed by atoms with Gasteiger partial charge in [0.15, 0.2) is 5.82 Å². The van der Waals surface area contributed by atoms with Crippen molar-refractivity contribution in [3.63, 3.8) is 0 Å². The van der Waals surface area contributed by atoms with Crippen LogP contribution in [0.1, 0.15) is 17.0 Å². The number of aryl methyl sites for hydroxylation is 2. The summed E-state index contributed by atoms with van der Waals surface area (Å²) in [4.78, 5) is 3.09. The van der Waals surface area contributed by atoms with Crippen molar-refractivity contribution in [2.75, 3.05) is 5.32 Å². The maximum atomic E-state index is 13.4. The summed E-state index contributed by atoms with van der Waals surface area (Å²) in [5, 5.41) is 6.90. The number of sulfone groups is 1. The number of benzene rings is 1. The number of hydrogen-bond donors (Lipinski definition) is 1. The first-order valence-corrected chi connectivity index (χ1v) is 9.81. The number of halogens is 4. The van der Waals surface area contributed by atoms with Gasteiger partial charge in [-0.3, -0.25) is 0 Å². The van der Waals surface area contributed by atoms with E-state index in [4.69, 9.17) is 0 Å². The van der Waals surface area contributed by atoms with Crippen LogP contribution in [-0.2, 0) is 16.4 Å². The zero-order valence-corrected chi connectivity index (χ0v) is 16.1. The molecule has 11 heteroatoms. The van der Waals surface area contributed by atoms with Crippen molar-refractivity contribution in [1.29, 1.82) is 0 Å². The Morgan fingerprint density at radius 1 is 1.10 bits per heavy atom. The molecule has 1 aromatic carbocycles. The van der Waals surface area contributed by atoms with Gasteiger partial charge in [0.05, 0.1) is 11.4 Å². The molecule has 0 amide bonds. The van der Waals surface area contributed by atoms with Crippen LogP contribution in [0, 0.1) is 19.7 Å². The summed E-state index contributed by atoms with van der Waals surface area (Å²) in [6, 6.07) is 7.40. The fraction of sp³-hybridized carbons (Fsp3) is 0.222. The molecule has 29 heavy (non-hydrogen) atoms. The number of rotatable bonds is 5. The lowest BCUT2D eigenvalue weighted by atomic mass is 10.2. The summed E-state index contributed by atoms with van der Waals surface area (Å²) in [6.07, 6.45) is 1.49. The number of nitrogens with zero attached hydrogens (tertiary/aromatic N) is 3. The summed E-state index contributed by atoms with van der Waals surface area (Å²) >= 11 is 0. The lowest BCUT2D eigenvalue weighted by molar-refractivity contribution is -0.0435. The van der Waals surface area contributed by atoms with Crippen molar-refractivity contribution >= 4 is 15.5 Å². The topological polar surface area (TPSA) is 76.9 Å². The van der Waals surface area contributed by atoms with Crippen LogP contribution in [0.15, 0.2) is 47.5 Å². The molecule has 0 aliphatic rings. The predicted octanol–water partition coefficient (Wildman–Crippen LogP) is 3.93. The molecule has 0 fully saturated rings. The lowest BCUT2D eigenvalue weighted by Crippen LogP contribution is -2.24. The van der Waals surface area contributed by atoms with Crippen LogP contribution in [0.25, 0.3) is 5.82 Å². The van der Waals surface area contributed by atoms with E-state index in [-0.39, 0.29) is 12.2 Å². The molecule has 1 N–H and O–H groups in total. The Kier molecular flexibility index (Phi) is 5.35. The van der Waals surface area contributed by atoms with Gasteiger partial charge < -0.3 is 5.32 Å². The van der Waals surface area contributed by atoms with E-state index in [1.165, 1.54) is 6.20 Å². The molecule has 3 aromatic rings. The highest BCUT2D eigenvalue weighted by atomic mass is 32.2. The minimum Gasteiger partial charge on any atom is -0.380 e. The smallest absolute Gasteiger partial charge is 0.380 e. The number of aromatic nitrogens is 3. The Balaban J connectivity index is 1.83. The maximum absolute atomic E-state index is 13.4. The molecule has 0 bridgehead atoms. The average Bonchev–Trinajstić information content (AvgIpc) is 2.98. The molecule has 0 unspecified atom stereocenters. The van der Waals surface area contributed by atoms with E-state index in [0.717, 1.165) is 23.5 Å². The van der Waals surface area contributed by atoms with Gasteiger partial charge in [-0.05, 0) is 49.7 Å². The quantitative estimate of drug-likeness (QED) is 0.624. The second-order valence-electron chi connectivity index (χ2n) is 6.31. The normalized spacial score (nSPS) is 12.2. The molecule has 0 radical (unpaired) electrons. The number of anilines is 1. The Morgan fingerprint density at radius 3 is 2.38 bits per heavy atom. The van der Waals surface area contributed by atoms with Crippen LogP contribution in [0.2, 0.25) is 0 Å². The number of alkyl halides is 3. The van der Waals surface area contributed by atoms with Crippen molar-refractivity contribution in [3.8, 4) is 5.82 Å². The van der Waals surface area contributed by atoms with E-state index in [9.17, 15) is 26.0 Å². The Morgan fingerprint density at radius 2 is 1.83 bits per heavy atom. The van der Waals surface area contributed by atoms with E-state index < -0.39 is 26.1 Å². The van der Waals surface area contributed by atoms with Gasteiger partial charge in [0, 0.05) is 18.4 Å². The molecule has 6 nitrogen and oxygen atoms in total. The van der Waals surface area contributed by atoms with Gasteiger partial charge in [0.2, 0.25) is 0 Å². The van der Waals surface area contributed by atoms with Crippen LogP contribution in [-0.4, -0.2) is 28.7 Å². The number of hydrogen-bond acceptors (Lipinski definition) is 5. The van der Waals surface area contributed by atoms with E-state index in [2.05, 4.69) is 15.4 Å². The summed E-state index contributed by atoms with van der Waals surface area (Å²) in [7, 11) is -5.71. The molecule has 0 aliphatic heterocycles. The van der Waals surface area contributed by atoms with Crippen molar-refractivity contribution in [1.82, 2.24) is 14.8 Å². The molecule has 0 spiro atoms. The molecule has 2 aromatic heterocycles. The van der Waals surface area contributed by atoms with Gasteiger partial charge >= 0.3 is 5.51 Å². The molecule has 0 saturated carbocycles. The zero-order valence-electron chi connectivity index (χ0n) is 15.3. The van der Waals surface area contributed by atoms with Gasteiger partial charge in [-0.1, -0.05) is 6.07 Å². The molecule has 0 atom stereocenters. The summed E-state index contributed by atoms with van der Waals surface area (Å²) in [5.74, 6) is -0.532. The number of pyridine rings is 1. The highest BCUT2D eigenvalue weighted by molar-refractivity contribution is 7.92. The third-order valence-electron chi connectivity index (χ3n) is 4.06. The van der Waals surface area contributed by atoms with E-state index in [0.29, 0.717) is 17.4 Å². The fourth-order valence-electron chi connectivity index (χ4n) is 2.69. The SMILES string of the molecule is Cc1cc(C)n(-c2ccc(CNc3ccc(F)cc3S(=O)(=O)C(F)(F)F)cn2)n1. The van der Waals surface area contributed by atoms with Crippen LogP contribution < -0.4 is 5.32 Å². The van der Waals surface area contributed by atoms with Crippen molar-refractivity contribution in [3.05, 3.63) is 65.4 Å². The first kappa shape index (κ1) is 20.8. The van der Waals surface area contributed by atoms with E-state index in [1.54, 1.807) is 16.8 Å². The first-order chi connectivity index (χ1) is 13.5. The van der Waals surface area contributed by atoms with Crippen LogP contribution in [0.3, 0.4) is 0 Å². The Hall–Kier alpha value is -2.95. The van der Waals surface area contributed by atoms with Crippen LogP contribution in [0.5, 0.6) is 0 Å². The minimum atomic E-state index is -5.71. The summed E-state index contributed by atoms with van der Waals surface area (Å²) < 4.78 is 77.1. The lowest BCUT2D eigenvalue weighted by Gasteiger charge is -2.14. The molecule has 0 aliphatic carbocycles. The predicted molar refractivity (Wildman–Crippen MR) is 97.8 cm³/mol. The van der Waals surface area contributed by atoms with Gasteiger partial charge in [0.1, 0.15) is 10.7 Å². The maximum Gasteiger partial charge on any atom is 0.501 e. The third kappa shape index (κ3) is 4.24. The number of nitrogens with one attached hydrogen (secondary N) is 1. The molecule has 2 heterocycles. The average molecular weight is 428 g/mol. The minimum absolute atomic E-state index is 0.0175. The molecule has 154 valence electrons. The van der Waals surface area contributed by atoms with Crippen LogP contribution in [0.4, 0.5) is 23.2 Å². The highest BCUT2D eigenvalue weighted by Crippen LogP contribution is 2.35. The van der Waals surface area contributed by atoms with Crippen LogP contribution >= 0.6 is 0 Å². The zero-order chi connectivity index (χ0) is 21.4. The van der Waals surface area contributed by atoms with Gasteiger partial charge in [-0.2, -0.15) is 18.3 Å². The molecular weight excluding hydrogens is 412 g/mol. The third-order valence-corrected chi connectivity index (χ3v) is 5.58. The standard InChI is InChI=1S/C18H16F4N4O2S/c1-11-7-12(2)26(25-11)17-6-3-13(10-24-17)9-23-15-5-4-14(19)8-16(15)29(27,28)18(20,21)22/h3-8,10,23H,9H2,1-2H3. The van der Waals surface area contributed by atoms with E-state index >= 15 is 0 Å². The second-order valence-corrected chi connectivity index (χ2v) is 8.22. The summed E-state index contributed by atoms with van der Waals surface area (Å²) in [6.45, 7) is 3.70. The van der Waals surface area contributed by atoms with Crippen molar-refractivity contribution in [2.45, 2.75) is 30.8 Å². The van der Waals surface area contributed by atoms with Gasteiger partial charge in [0.25, 0.3) is 9.84 Å². The van der Waals surface area contributed by atoms with Crippen molar-refractivity contribution in [2.24, 2.45) is 0 Å². The Bertz CT molecular complexity index is 1140.